The van der Waals surface area contributed by atoms with Crippen LogP contribution in [0.2, 0.25) is 0 Å². The van der Waals surface area contributed by atoms with Gasteiger partial charge in [0.2, 0.25) is 0 Å². The number of carbonyl (C=O) groups is 1. The van der Waals surface area contributed by atoms with Gasteiger partial charge in [0.25, 0.3) is 5.91 Å². The first-order valence-corrected chi connectivity index (χ1v) is 9.59. The van der Waals surface area contributed by atoms with Crippen LogP contribution in [-0.2, 0) is 6.18 Å². The molecule has 5 rings (SSSR count). The summed E-state index contributed by atoms with van der Waals surface area (Å²) >= 11 is 0. The summed E-state index contributed by atoms with van der Waals surface area (Å²) in [7, 11) is 0. The minimum atomic E-state index is -4.52. The fourth-order valence-electron chi connectivity index (χ4n) is 3.64. The molecule has 0 unspecified atom stereocenters. The van der Waals surface area contributed by atoms with Gasteiger partial charge in [-0.2, -0.15) is 18.3 Å². The molecule has 0 aliphatic heterocycles. The number of aromatic amines is 2. The van der Waals surface area contributed by atoms with E-state index in [9.17, 15) is 22.8 Å². The Morgan fingerprint density at radius 3 is 2.65 bits per heavy atom. The summed E-state index contributed by atoms with van der Waals surface area (Å²) in [4.78, 5) is 27.5. The zero-order valence-corrected chi connectivity index (χ0v) is 16.0. The van der Waals surface area contributed by atoms with Crippen LogP contribution in [0.4, 0.5) is 19.0 Å². The van der Waals surface area contributed by atoms with Crippen molar-refractivity contribution < 1.29 is 18.0 Å². The van der Waals surface area contributed by atoms with Gasteiger partial charge in [-0.3, -0.25) is 14.5 Å². The number of carbonyl (C=O) groups excluding carboxylic acids is 1. The molecule has 7 nitrogen and oxygen atoms in total. The van der Waals surface area contributed by atoms with Gasteiger partial charge in [0.1, 0.15) is 0 Å². The third-order valence-corrected chi connectivity index (χ3v) is 5.23. The first-order chi connectivity index (χ1) is 14.8. The molecule has 1 saturated carbocycles. The minimum absolute atomic E-state index is 0.0663. The molecule has 1 aliphatic rings. The van der Waals surface area contributed by atoms with E-state index < -0.39 is 17.6 Å². The quantitative estimate of drug-likeness (QED) is 0.453. The molecule has 1 amide bonds. The highest BCUT2D eigenvalue weighted by Crippen LogP contribution is 2.37. The van der Waals surface area contributed by atoms with Crippen LogP contribution in [0.25, 0.3) is 22.3 Å². The van der Waals surface area contributed by atoms with Crippen molar-refractivity contribution in [2.45, 2.75) is 25.1 Å². The third-order valence-electron chi connectivity index (χ3n) is 5.23. The van der Waals surface area contributed by atoms with Gasteiger partial charge in [-0.1, -0.05) is 18.2 Å². The zero-order valence-electron chi connectivity index (χ0n) is 16.0. The molecule has 10 heteroatoms. The molecular formula is C21H16F3N5O2. The number of fused-ring (bicyclic) bond motifs is 1. The number of hydrogen-bond acceptors (Lipinski definition) is 3. The minimum Gasteiger partial charge on any atom is -0.306 e. The molecule has 158 valence electrons. The Labute approximate surface area is 172 Å². The molecule has 31 heavy (non-hydrogen) atoms. The number of nitrogens with one attached hydrogen (secondary N) is 3. The Hall–Kier alpha value is -3.82. The van der Waals surface area contributed by atoms with Gasteiger partial charge in [-0.05, 0) is 37.1 Å². The summed E-state index contributed by atoms with van der Waals surface area (Å²) in [6.45, 7) is 0. The number of halogens is 3. The molecule has 0 atom stereocenters. The zero-order chi connectivity index (χ0) is 21.8. The topological polar surface area (TPSA) is 95.6 Å². The van der Waals surface area contributed by atoms with Crippen LogP contribution in [0.5, 0.6) is 0 Å². The van der Waals surface area contributed by atoms with E-state index in [2.05, 4.69) is 20.5 Å². The van der Waals surface area contributed by atoms with Gasteiger partial charge in [0.05, 0.1) is 22.3 Å². The average molecular weight is 427 g/mol. The van der Waals surface area contributed by atoms with E-state index >= 15 is 0 Å². The number of aromatic nitrogens is 4. The number of hydrogen-bond donors (Lipinski definition) is 3. The van der Waals surface area contributed by atoms with E-state index in [0.29, 0.717) is 5.52 Å². The molecule has 1 aliphatic carbocycles. The van der Waals surface area contributed by atoms with Crippen LogP contribution in [0.1, 0.15) is 34.8 Å². The molecule has 1 fully saturated rings. The van der Waals surface area contributed by atoms with Crippen molar-refractivity contribution in [1.29, 1.82) is 0 Å². The van der Waals surface area contributed by atoms with Crippen LogP contribution in [0.15, 0.2) is 53.3 Å². The van der Waals surface area contributed by atoms with E-state index in [0.717, 1.165) is 24.4 Å². The predicted octanol–water partition coefficient (Wildman–Crippen LogP) is 4.33. The molecule has 2 aromatic heterocycles. The van der Waals surface area contributed by atoms with Crippen molar-refractivity contribution in [3.8, 4) is 11.3 Å². The van der Waals surface area contributed by atoms with E-state index in [-0.39, 0.29) is 34.4 Å². The number of benzene rings is 2. The maximum atomic E-state index is 13.3. The van der Waals surface area contributed by atoms with E-state index in [1.165, 1.54) is 24.3 Å². The number of H-pyrrole nitrogens is 2. The molecule has 0 bridgehead atoms. The normalized spacial score (nSPS) is 14.2. The Morgan fingerprint density at radius 1 is 1.13 bits per heavy atom. The second-order valence-electron chi connectivity index (χ2n) is 7.43. The van der Waals surface area contributed by atoms with Crippen LogP contribution >= 0.6 is 0 Å². The molecule has 0 spiro atoms. The number of rotatable bonds is 4. The standard InChI is InChI=1S/C21H16F3N5O2/c22-21(23,24)14-4-2-1-3-13(14)15-10-18(28-27-15)26-19(30)11-5-8-17-16(9-11)25-20(31)29(17)12-6-7-12/h1-5,8-10,12H,6-7H2,(H,25,31)(H2,26,27,28,30). The van der Waals surface area contributed by atoms with Gasteiger partial charge in [-0.25, -0.2) is 4.79 Å². The number of imidazole rings is 1. The fourth-order valence-corrected chi connectivity index (χ4v) is 3.64. The number of nitrogens with zero attached hydrogens (tertiary/aromatic N) is 2. The summed E-state index contributed by atoms with van der Waals surface area (Å²) in [5, 5.41) is 9.01. The number of amides is 1. The largest absolute Gasteiger partial charge is 0.417 e. The highest BCUT2D eigenvalue weighted by atomic mass is 19.4. The summed E-state index contributed by atoms with van der Waals surface area (Å²) in [6.07, 6.45) is -2.61. The predicted molar refractivity (Wildman–Crippen MR) is 108 cm³/mol. The second-order valence-corrected chi connectivity index (χ2v) is 7.43. The van der Waals surface area contributed by atoms with Crippen LogP contribution in [0.3, 0.4) is 0 Å². The van der Waals surface area contributed by atoms with E-state index in [1.54, 1.807) is 22.8 Å². The summed E-state index contributed by atoms with van der Waals surface area (Å²) < 4.78 is 41.4. The van der Waals surface area contributed by atoms with Gasteiger partial charge in [0.15, 0.2) is 5.82 Å². The molecule has 0 saturated heterocycles. The first-order valence-electron chi connectivity index (χ1n) is 9.59. The van der Waals surface area contributed by atoms with Gasteiger partial charge >= 0.3 is 11.9 Å². The Kier molecular flexibility index (Phi) is 4.24. The van der Waals surface area contributed by atoms with Gasteiger partial charge < -0.3 is 10.3 Å². The molecular weight excluding hydrogens is 411 g/mol. The van der Waals surface area contributed by atoms with Crippen LogP contribution in [0, 0.1) is 0 Å². The lowest BCUT2D eigenvalue weighted by molar-refractivity contribution is -0.137. The summed E-state index contributed by atoms with van der Waals surface area (Å²) in [5.41, 5.74) is 0.618. The lowest BCUT2D eigenvalue weighted by Crippen LogP contribution is -2.14. The fraction of sp³-hybridized carbons (Fsp3) is 0.190. The SMILES string of the molecule is O=C(Nc1cc(-c2ccccc2C(F)(F)F)[nH]n1)c1ccc2c(c1)[nH]c(=O)n2C1CC1. The molecule has 4 aromatic rings. The van der Waals surface area contributed by atoms with Gasteiger partial charge in [-0.15, -0.1) is 0 Å². The summed E-state index contributed by atoms with van der Waals surface area (Å²) in [6, 6.07) is 11.5. The smallest absolute Gasteiger partial charge is 0.306 e. The number of alkyl halides is 3. The molecule has 0 radical (unpaired) electrons. The highest BCUT2D eigenvalue weighted by Gasteiger charge is 2.33. The maximum absolute atomic E-state index is 13.3. The van der Waals surface area contributed by atoms with E-state index in [1.807, 2.05) is 0 Å². The Morgan fingerprint density at radius 2 is 1.90 bits per heavy atom. The van der Waals surface area contributed by atoms with Gasteiger partial charge in [0, 0.05) is 23.2 Å². The number of anilines is 1. The van der Waals surface area contributed by atoms with Crippen molar-refractivity contribution in [3.63, 3.8) is 0 Å². The average Bonchev–Trinajstić information content (AvgIpc) is 3.35. The second kappa shape index (κ2) is 6.86. The Bertz CT molecular complexity index is 1360. The van der Waals surface area contributed by atoms with Crippen molar-refractivity contribution in [2.24, 2.45) is 0 Å². The molecule has 3 N–H and O–H groups in total. The maximum Gasteiger partial charge on any atom is 0.417 e. The lowest BCUT2D eigenvalue weighted by atomic mass is 10.0. The Balaban J connectivity index is 1.40. The monoisotopic (exact) mass is 427 g/mol. The highest BCUT2D eigenvalue weighted by molar-refractivity contribution is 6.05. The first kappa shape index (κ1) is 19.2. The third kappa shape index (κ3) is 3.49. The molecule has 2 aromatic carbocycles. The summed E-state index contributed by atoms with van der Waals surface area (Å²) in [5.74, 6) is -0.412. The van der Waals surface area contributed by atoms with Crippen LogP contribution < -0.4 is 11.0 Å². The van der Waals surface area contributed by atoms with Crippen molar-refractivity contribution in [2.75, 3.05) is 5.32 Å². The van der Waals surface area contributed by atoms with Crippen molar-refractivity contribution in [3.05, 3.63) is 70.1 Å². The van der Waals surface area contributed by atoms with Crippen molar-refractivity contribution >= 4 is 22.8 Å². The van der Waals surface area contributed by atoms with Crippen LogP contribution in [-0.4, -0.2) is 25.7 Å². The lowest BCUT2D eigenvalue weighted by Gasteiger charge is -2.10. The molecule has 2 heterocycles. The van der Waals surface area contributed by atoms with Crippen molar-refractivity contribution in [1.82, 2.24) is 19.7 Å². The van der Waals surface area contributed by atoms with E-state index in [4.69, 9.17) is 0 Å².